The molecule has 0 saturated carbocycles. The Morgan fingerprint density at radius 3 is 2.61 bits per heavy atom. The summed E-state index contributed by atoms with van der Waals surface area (Å²) in [6, 6.07) is 11.0. The van der Waals surface area contributed by atoms with Gasteiger partial charge in [0.15, 0.2) is 11.0 Å². The van der Waals surface area contributed by atoms with E-state index in [1.54, 1.807) is 24.6 Å². The van der Waals surface area contributed by atoms with Gasteiger partial charge in [0, 0.05) is 12.7 Å². The lowest BCUT2D eigenvalue weighted by molar-refractivity contribution is -0.113. The standard InChI is InChI=1S/C22H24FN5O2S/c1-13-8-7-11-18(14(13)2)25-19(29)12-31-22-27-26-20(28(22)4)15(3)24-21(30)16-9-5-6-10-17(16)23/h5-11,15H,12H2,1-4H3,(H,24,30)(H,25,29)/t15-/m0/s1. The molecule has 0 saturated heterocycles. The highest BCUT2D eigenvalue weighted by Gasteiger charge is 2.20. The molecule has 3 rings (SSSR count). The Balaban J connectivity index is 1.60. The van der Waals surface area contributed by atoms with Crippen LogP contribution in [0.15, 0.2) is 47.6 Å². The summed E-state index contributed by atoms with van der Waals surface area (Å²) in [5, 5.41) is 14.4. The van der Waals surface area contributed by atoms with E-state index in [0.717, 1.165) is 16.8 Å². The van der Waals surface area contributed by atoms with Crippen LogP contribution >= 0.6 is 11.8 Å². The second-order valence-electron chi connectivity index (χ2n) is 7.16. The van der Waals surface area contributed by atoms with Crippen molar-refractivity contribution in [2.75, 3.05) is 11.1 Å². The Bertz CT molecular complexity index is 1120. The zero-order valence-electron chi connectivity index (χ0n) is 17.8. The van der Waals surface area contributed by atoms with Crippen LogP contribution in [-0.4, -0.2) is 32.3 Å². The summed E-state index contributed by atoms with van der Waals surface area (Å²) < 4.78 is 15.5. The minimum absolute atomic E-state index is 0.0331. The lowest BCUT2D eigenvalue weighted by atomic mass is 10.1. The molecule has 0 aliphatic heterocycles. The second kappa shape index (κ2) is 9.74. The Labute approximate surface area is 184 Å². The molecule has 162 valence electrons. The van der Waals surface area contributed by atoms with E-state index in [2.05, 4.69) is 20.8 Å². The molecule has 0 aliphatic carbocycles. The van der Waals surface area contributed by atoms with Gasteiger partial charge in [-0.1, -0.05) is 36.0 Å². The number of rotatable bonds is 7. The van der Waals surface area contributed by atoms with Gasteiger partial charge in [0.05, 0.1) is 17.4 Å². The van der Waals surface area contributed by atoms with Crippen LogP contribution in [0.25, 0.3) is 0 Å². The lowest BCUT2D eigenvalue weighted by Crippen LogP contribution is -2.29. The van der Waals surface area contributed by atoms with Crippen LogP contribution in [0.3, 0.4) is 0 Å². The number of benzene rings is 2. The van der Waals surface area contributed by atoms with E-state index in [0.29, 0.717) is 11.0 Å². The largest absolute Gasteiger partial charge is 0.342 e. The molecule has 1 atom stereocenters. The Hall–Kier alpha value is -3.20. The van der Waals surface area contributed by atoms with E-state index in [9.17, 15) is 14.0 Å². The summed E-state index contributed by atoms with van der Waals surface area (Å²) in [7, 11) is 1.76. The fourth-order valence-corrected chi connectivity index (χ4v) is 3.73. The summed E-state index contributed by atoms with van der Waals surface area (Å²) in [5.41, 5.74) is 2.89. The number of aryl methyl sites for hydroxylation is 1. The first-order valence-corrected chi connectivity index (χ1v) is 10.7. The SMILES string of the molecule is Cc1cccc(NC(=O)CSc2nnc([C@H](C)NC(=O)c3ccccc3F)n2C)c1C. The fraction of sp³-hybridized carbons (Fsp3) is 0.273. The second-order valence-corrected chi connectivity index (χ2v) is 8.10. The van der Waals surface area contributed by atoms with Crippen molar-refractivity contribution in [1.82, 2.24) is 20.1 Å². The van der Waals surface area contributed by atoms with E-state index in [4.69, 9.17) is 0 Å². The van der Waals surface area contributed by atoms with Crippen LogP contribution in [0.2, 0.25) is 0 Å². The van der Waals surface area contributed by atoms with Crippen molar-refractivity contribution in [3.63, 3.8) is 0 Å². The van der Waals surface area contributed by atoms with Crippen LogP contribution in [0.1, 0.15) is 40.3 Å². The van der Waals surface area contributed by atoms with Crippen molar-refractivity contribution in [2.24, 2.45) is 7.05 Å². The third kappa shape index (κ3) is 5.29. The molecular formula is C22H24FN5O2S. The predicted octanol–water partition coefficient (Wildman–Crippen LogP) is 3.79. The summed E-state index contributed by atoms with van der Waals surface area (Å²) >= 11 is 1.25. The normalized spacial score (nSPS) is 11.8. The number of thioether (sulfide) groups is 1. The summed E-state index contributed by atoms with van der Waals surface area (Å²) in [6.07, 6.45) is 0. The van der Waals surface area contributed by atoms with E-state index in [1.807, 2.05) is 32.0 Å². The average molecular weight is 442 g/mol. The van der Waals surface area contributed by atoms with Crippen LogP contribution < -0.4 is 10.6 Å². The van der Waals surface area contributed by atoms with Crippen molar-refractivity contribution in [2.45, 2.75) is 32.0 Å². The molecule has 0 unspecified atom stereocenters. The number of halogens is 1. The van der Waals surface area contributed by atoms with Gasteiger partial charge in [-0.05, 0) is 50.1 Å². The molecule has 0 radical (unpaired) electrons. The molecule has 2 aromatic carbocycles. The monoisotopic (exact) mass is 441 g/mol. The molecule has 0 fully saturated rings. The third-order valence-corrected chi connectivity index (χ3v) is 5.95. The molecule has 0 aliphatic rings. The number of amides is 2. The molecule has 3 aromatic rings. The Morgan fingerprint density at radius 1 is 1.13 bits per heavy atom. The number of carbonyl (C=O) groups excluding carboxylic acids is 2. The highest BCUT2D eigenvalue weighted by atomic mass is 32.2. The first-order chi connectivity index (χ1) is 14.8. The zero-order valence-corrected chi connectivity index (χ0v) is 18.6. The van der Waals surface area contributed by atoms with Crippen molar-refractivity contribution in [3.05, 3.63) is 70.8 Å². The zero-order chi connectivity index (χ0) is 22.5. The molecule has 0 spiro atoms. The molecule has 2 amide bonds. The van der Waals surface area contributed by atoms with Gasteiger partial charge in [0.25, 0.3) is 5.91 Å². The van der Waals surface area contributed by atoms with E-state index < -0.39 is 17.8 Å². The molecule has 1 aromatic heterocycles. The predicted molar refractivity (Wildman–Crippen MR) is 119 cm³/mol. The topological polar surface area (TPSA) is 88.9 Å². The third-order valence-electron chi connectivity index (χ3n) is 4.93. The maximum absolute atomic E-state index is 13.8. The summed E-state index contributed by atoms with van der Waals surface area (Å²) in [6.45, 7) is 5.70. The van der Waals surface area contributed by atoms with Gasteiger partial charge in [0.2, 0.25) is 5.91 Å². The van der Waals surface area contributed by atoms with Crippen LogP contribution in [0.4, 0.5) is 10.1 Å². The maximum Gasteiger partial charge on any atom is 0.254 e. The molecule has 31 heavy (non-hydrogen) atoms. The highest BCUT2D eigenvalue weighted by Crippen LogP contribution is 2.21. The molecule has 0 bridgehead atoms. The van der Waals surface area contributed by atoms with Crippen molar-refractivity contribution < 1.29 is 14.0 Å². The van der Waals surface area contributed by atoms with Crippen molar-refractivity contribution >= 4 is 29.3 Å². The number of hydrogen-bond acceptors (Lipinski definition) is 5. The summed E-state index contributed by atoms with van der Waals surface area (Å²) in [5.74, 6) is -0.603. The Kier molecular flexibility index (Phi) is 7.06. The van der Waals surface area contributed by atoms with E-state index in [1.165, 1.54) is 30.0 Å². The molecule has 7 nitrogen and oxygen atoms in total. The maximum atomic E-state index is 13.8. The average Bonchev–Trinajstić information content (AvgIpc) is 3.10. The molecule has 2 N–H and O–H groups in total. The van der Waals surface area contributed by atoms with Crippen LogP contribution in [0, 0.1) is 19.7 Å². The smallest absolute Gasteiger partial charge is 0.254 e. The molecule has 9 heteroatoms. The number of hydrogen-bond donors (Lipinski definition) is 2. The number of nitrogens with zero attached hydrogens (tertiary/aromatic N) is 3. The first-order valence-electron chi connectivity index (χ1n) is 9.71. The van der Waals surface area contributed by atoms with Gasteiger partial charge in [-0.25, -0.2) is 4.39 Å². The van der Waals surface area contributed by atoms with Crippen LogP contribution in [0.5, 0.6) is 0 Å². The molecular weight excluding hydrogens is 417 g/mol. The highest BCUT2D eigenvalue weighted by molar-refractivity contribution is 7.99. The first kappa shape index (κ1) is 22.5. The van der Waals surface area contributed by atoms with E-state index >= 15 is 0 Å². The summed E-state index contributed by atoms with van der Waals surface area (Å²) in [4.78, 5) is 24.7. The van der Waals surface area contributed by atoms with Crippen molar-refractivity contribution in [3.8, 4) is 0 Å². The van der Waals surface area contributed by atoms with Gasteiger partial charge in [0.1, 0.15) is 5.82 Å². The van der Waals surface area contributed by atoms with Crippen LogP contribution in [-0.2, 0) is 11.8 Å². The van der Waals surface area contributed by atoms with E-state index in [-0.39, 0.29) is 17.2 Å². The van der Waals surface area contributed by atoms with Gasteiger partial charge in [-0.2, -0.15) is 0 Å². The fourth-order valence-electron chi connectivity index (χ4n) is 3.02. The Morgan fingerprint density at radius 2 is 1.87 bits per heavy atom. The van der Waals surface area contributed by atoms with Crippen molar-refractivity contribution in [1.29, 1.82) is 0 Å². The van der Waals surface area contributed by atoms with Gasteiger partial charge in [-0.15, -0.1) is 10.2 Å². The number of nitrogens with one attached hydrogen (secondary N) is 2. The number of carbonyl (C=O) groups is 2. The van der Waals surface area contributed by atoms with Gasteiger partial charge < -0.3 is 15.2 Å². The quantitative estimate of drug-likeness (QED) is 0.545. The lowest BCUT2D eigenvalue weighted by Gasteiger charge is -2.14. The number of anilines is 1. The molecule has 1 heterocycles. The minimum Gasteiger partial charge on any atom is -0.342 e. The number of aromatic nitrogens is 3. The van der Waals surface area contributed by atoms with Gasteiger partial charge in [-0.3, -0.25) is 9.59 Å². The van der Waals surface area contributed by atoms with Gasteiger partial charge >= 0.3 is 0 Å². The minimum atomic E-state index is -0.587.